The van der Waals surface area contributed by atoms with Crippen LogP contribution in [-0.2, 0) is 4.79 Å². The van der Waals surface area contributed by atoms with Gasteiger partial charge in [0.05, 0.1) is 0 Å². The molecule has 0 bridgehead atoms. The van der Waals surface area contributed by atoms with E-state index in [0.717, 1.165) is 12.1 Å². The minimum Gasteiger partial charge on any atom is -0.398 e. The number of nitrogens with two attached hydrogens (primary N) is 2. The highest BCUT2D eigenvalue weighted by atomic mass is 19.1. The second-order valence-corrected chi connectivity index (χ2v) is 3.50. The van der Waals surface area contributed by atoms with E-state index < -0.39 is 23.9 Å². The number of carbonyl (C=O) groups excluding carboxylic acids is 1. The molecular formula is C10H13FN2O3. The number of benzene rings is 1. The molecule has 0 fully saturated rings. The topological polar surface area (TPSA) is 110 Å². The molecule has 0 aromatic heterocycles. The molecular weight excluding hydrogens is 215 g/mol. The van der Waals surface area contributed by atoms with Crippen LogP contribution in [0.2, 0.25) is 0 Å². The maximum absolute atomic E-state index is 13.0. The molecule has 6 N–H and O–H groups in total. The summed E-state index contributed by atoms with van der Waals surface area (Å²) < 4.78 is 13.0. The van der Waals surface area contributed by atoms with Gasteiger partial charge in [-0.3, -0.25) is 4.79 Å². The number of aliphatic hydroxyl groups is 2. The summed E-state index contributed by atoms with van der Waals surface area (Å²) in [4.78, 5) is 10.7. The molecule has 0 aliphatic carbocycles. The molecule has 1 amide bonds. The fourth-order valence-corrected chi connectivity index (χ4v) is 1.35. The van der Waals surface area contributed by atoms with Gasteiger partial charge in [0.25, 0.3) is 0 Å². The van der Waals surface area contributed by atoms with Crippen molar-refractivity contribution in [2.45, 2.75) is 19.1 Å². The van der Waals surface area contributed by atoms with Crippen molar-refractivity contribution < 1.29 is 19.4 Å². The Hall–Kier alpha value is -1.66. The Kier molecular flexibility index (Phi) is 3.46. The number of hydrogen-bond donors (Lipinski definition) is 4. The number of primary amides is 1. The van der Waals surface area contributed by atoms with Crippen molar-refractivity contribution in [3.8, 4) is 0 Å². The highest BCUT2D eigenvalue weighted by molar-refractivity contribution is 5.79. The van der Waals surface area contributed by atoms with Crippen molar-refractivity contribution in [2.24, 2.45) is 5.73 Å². The molecule has 1 aromatic carbocycles. The molecule has 0 radical (unpaired) electrons. The largest absolute Gasteiger partial charge is 0.398 e. The number of halogens is 1. The highest BCUT2D eigenvalue weighted by Crippen LogP contribution is 2.26. The Balaban J connectivity index is 3.17. The van der Waals surface area contributed by atoms with Gasteiger partial charge < -0.3 is 21.7 Å². The van der Waals surface area contributed by atoms with Crippen LogP contribution in [0.15, 0.2) is 12.1 Å². The second kappa shape index (κ2) is 4.46. The first kappa shape index (κ1) is 12.4. The lowest BCUT2D eigenvalue weighted by Crippen LogP contribution is -2.34. The van der Waals surface area contributed by atoms with Gasteiger partial charge in [-0.15, -0.1) is 0 Å². The number of nitrogen functional groups attached to an aromatic ring is 1. The Bertz CT molecular complexity index is 423. The molecule has 0 aliphatic rings. The Morgan fingerprint density at radius 1 is 1.44 bits per heavy atom. The molecule has 5 nitrogen and oxygen atoms in total. The average Bonchev–Trinajstić information content (AvgIpc) is 2.21. The van der Waals surface area contributed by atoms with Gasteiger partial charge in [-0.25, -0.2) is 4.39 Å². The Morgan fingerprint density at radius 2 is 2.00 bits per heavy atom. The summed E-state index contributed by atoms with van der Waals surface area (Å²) in [5, 5.41) is 18.9. The van der Waals surface area contributed by atoms with Gasteiger partial charge in [-0.05, 0) is 30.2 Å². The van der Waals surface area contributed by atoms with E-state index in [-0.39, 0.29) is 11.3 Å². The molecule has 6 heteroatoms. The predicted octanol–water partition coefficient (Wildman–Crippen LogP) is -0.404. The SMILES string of the molecule is Cc1c(N)cc(F)cc1C(O)C(O)C(N)=O. The third kappa shape index (κ3) is 2.29. The van der Waals surface area contributed by atoms with Crippen LogP contribution in [-0.4, -0.2) is 22.2 Å². The predicted molar refractivity (Wildman–Crippen MR) is 55.7 cm³/mol. The van der Waals surface area contributed by atoms with Gasteiger partial charge in [0, 0.05) is 5.69 Å². The molecule has 0 saturated heterocycles. The van der Waals surface area contributed by atoms with Crippen LogP contribution in [0.4, 0.5) is 10.1 Å². The molecule has 0 heterocycles. The molecule has 1 rings (SSSR count). The van der Waals surface area contributed by atoms with Crippen molar-refractivity contribution in [3.63, 3.8) is 0 Å². The minimum atomic E-state index is -1.79. The van der Waals surface area contributed by atoms with E-state index in [0.29, 0.717) is 5.56 Å². The molecule has 0 saturated carbocycles. The number of hydrogen-bond acceptors (Lipinski definition) is 4. The van der Waals surface area contributed by atoms with Crippen LogP contribution >= 0.6 is 0 Å². The zero-order chi connectivity index (χ0) is 12.5. The molecule has 2 unspecified atom stereocenters. The fraction of sp³-hybridized carbons (Fsp3) is 0.300. The van der Waals surface area contributed by atoms with Crippen molar-refractivity contribution in [1.82, 2.24) is 0 Å². The summed E-state index contributed by atoms with van der Waals surface area (Å²) in [6.45, 7) is 1.54. The van der Waals surface area contributed by atoms with Crippen LogP contribution in [0.3, 0.4) is 0 Å². The smallest absolute Gasteiger partial charge is 0.249 e. The first-order chi connectivity index (χ1) is 7.34. The van der Waals surface area contributed by atoms with Gasteiger partial charge >= 0.3 is 0 Å². The summed E-state index contributed by atoms with van der Waals surface area (Å²) in [5.41, 5.74) is 10.9. The molecule has 16 heavy (non-hydrogen) atoms. The monoisotopic (exact) mass is 228 g/mol. The van der Waals surface area contributed by atoms with Crippen LogP contribution in [0.5, 0.6) is 0 Å². The van der Waals surface area contributed by atoms with E-state index >= 15 is 0 Å². The number of anilines is 1. The normalized spacial score (nSPS) is 14.5. The molecule has 88 valence electrons. The van der Waals surface area contributed by atoms with Gasteiger partial charge in [0.2, 0.25) is 5.91 Å². The van der Waals surface area contributed by atoms with E-state index in [1.165, 1.54) is 0 Å². The van der Waals surface area contributed by atoms with Gasteiger partial charge in [-0.2, -0.15) is 0 Å². The lowest BCUT2D eigenvalue weighted by molar-refractivity contribution is -0.132. The lowest BCUT2D eigenvalue weighted by atomic mass is 9.97. The first-order valence-electron chi connectivity index (χ1n) is 4.55. The van der Waals surface area contributed by atoms with Crippen molar-refractivity contribution in [2.75, 3.05) is 5.73 Å². The molecule has 0 spiro atoms. The van der Waals surface area contributed by atoms with E-state index in [1.54, 1.807) is 6.92 Å². The third-order valence-corrected chi connectivity index (χ3v) is 2.36. The molecule has 0 aliphatic heterocycles. The van der Waals surface area contributed by atoms with Gasteiger partial charge in [0.1, 0.15) is 11.9 Å². The summed E-state index contributed by atoms with van der Waals surface area (Å²) >= 11 is 0. The summed E-state index contributed by atoms with van der Waals surface area (Å²) in [5.74, 6) is -1.75. The number of rotatable bonds is 3. The second-order valence-electron chi connectivity index (χ2n) is 3.50. The van der Waals surface area contributed by atoms with E-state index in [4.69, 9.17) is 11.5 Å². The molecule has 1 aromatic rings. The van der Waals surface area contributed by atoms with Gasteiger partial charge in [0.15, 0.2) is 6.10 Å². The highest BCUT2D eigenvalue weighted by Gasteiger charge is 2.25. The van der Waals surface area contributed by atoms with Crippen LogP contribution in [0.25, 0.3) is 0 Å². The van der Waals surface area contributed by atoms with E-state index in [1.807, 2.05) is 0 Å². The van der Waals surface area contributed by atoms with Crippen LogP contribution in [0, 0.1) is 12.7 Å². The maximum Gasteiger partial charge on any atom is 0.249 e. The number of amides is 1. The van der Waals surface area contributed by atoms with Crippen molar-refractivity contribution >= 4 is 11.6 Å². The fourth-order valence-electron chi connectivity index (χ4n) is 1.35. The van der Waals surface area contributed by atoms with E-state index in [9.17, 15) is 19.4 Å². The van der Waals surface area contributed by atoms with E-state index in [2.05, 4.69) is 0 Å². The maximum atomic E-state index is 13.0. The standard InChI is InChI=1S/C10H13FN2O3/c1-4-6(2-5(11)3-7(4)12)8(14)9(15)10(13)16/h2-3,8-9,14-15H,12H2,1H3,(H2,13,16). The Labute approximate surface area is 91.5 Å². The summed E-state index contributed by atoms with van der Waals surface area (Å²) in [6, 6.07) is 2.09. The van der Waals surface area contributed by atoms with Crippen molar-refractivity contribution in [3.05, 3.63) is 29.1 Å². The number of carbonyl (C=O) groups is 1. The van der Waals surface area contributed by atoms with Crippen LogP contribution in [0.1, 0.15) is 17.2 Å². The van der Waals surface area contributed by atoms with Crippen molar-refractivity contribution in [1.29, 1.82) is 0 Å². The first-order valence-corrected chi connectivity index (χ1v) is 4.55. The molecule has 2 atom stereocenters. The summed E-state index contributed by atoms with van der Waals surface area (Å²) in [7, 11) is 0. The Morgan fingerprint density at radius 3 is 2.50 bits per heavy atom. The number of aliphatic hydroxyl groups excluding tert-OH is 2. The lowest BCUT2D eigenvalue weighted by Gasteiger charge is -2.18. The van der Waals surface area contributed by atoms with Gasteiger partial charge in [-0.1, -0.05) is 0 Å². The zero-order valence-electron chi connectivity index (χ0n) is 8.64. The zero-order valence-corrected chi connectivity index (χ0v) is 8.64. The van der Waals surface area contributed by atoms with Crippen LogP contribution < -0.4 is 11.5 Å². The minimum absolute atomic E-state index is 0.0452. The third-order valence-electron chi connectivity index (χ3n) is 2.36. The average molecular weight is 228 g/mol. The quantitative estimate of drug-likeness (QED) is 0.527. The summed E-state index contributed by atoms with van der Waals surface area (Å²) in [6.07, 6.45) is -3.38.